The first kappa shape index (κ1) is 22.9. The molecule has 2 heterocycles. The minimum atomic E-state index is -1.12. The summed E-state index contributed by atoms with van der Waals surface area (Å²) in [5, 5.41) is 0. The van der Waals surface area contributed by atoms with Gasteiger partial charge < -0.3 is 14.2 Å². The predicted molar refractivity (Wildman–Crippen MR) is 113 cm³/mol. The van der Waals surface area contributed by atoms with Crippen molar-refractivity contribution >= 4 is 0 Å². The SMILES string of the molecule is CCCC1CCC(CCc2cc3c(c(F)c2F)Oc2c(ccc(OCCF)c2F)C3)OC1. The van der Waals surface area contributed by atoms with Crippen molar-refractivity contribution in [3.8, 4) is 17.2 Å². The van der Waals surface area contributed by atoms with Gasteiger partial charge in [-0.2, -0.15) is 8.78 Å². The molecular weight excluding hydrogens is 424 g/mol. The molecule has 2 aromatic carbocycles. The lowest BCUT2D eigenvalue weighted by Crippen LogP contribution is -2.26. The fourth-order valence-corrected chi connectivity index (χ4v) is 4.58. The number of halogens is 4. The maximum atomic E-state index is 14.8. The van der Waals surface area contributed by atoms with Gasteiger partial charge in [-0.1, -0.05) is 19.4 Å². The average molecular weight is 452 g/mol. The zero-order valence-electron chi connectivity index (χ0n) is 18.2. The van der Waals surface area contributed by atoms with Crippen molar-refractivity contribution in [2.45, 2.75) is 58.0 Å². The smallest absolute Gasteiger partial charge is 0.207 e. The van der Waals surface area contributed by atoms with E-state index in [1.54, 1.807) is 12.1 Å². The molecule has 4 rings (SSSR count). The van der Waals surface area contributed by atoms with E-state index in [-0.39, 0.29) is 41.9 Å². The molecule has 2 unspecified atom stereocenters. The third-order valence-corrected chi connectivity index (χ3v) is 6.27. The number of rotatable bonds is 8. The Morgan fingerprint density at radius 1 is 1.00 bits per heavy atom. The van der Waals surface area contributed by atoms with E-state index >= 15 is 0 Å². The van der Waals surface area contributed by atoms with Crippen molar-refractivity contribution < 1.29 is 31.8 Å². The second kappa shape index (κ2) is 10.1. The summed E-state index contributed by atoms with van der Waals surface area (Å²) in [6.45, 7) is 1.82. The normalized spacial score (nSPS) is 19.8. The zero-order valence-corrected chi connectivity index (χ0v) is 18.2. The summed E-state index contributed by atoms with van der Waals surface area (Å²) in [7, 11) is 0. The number of aryl methyl sites for hydroxylation is 1. The Morgan fingerprint density at radius 2 is 1.81 bits per heavy atom. The first-order valence-corrected chi connectivity index (χ1v) is 11.3. The van der Waals surface area contributed by atoms with Gasteiger partial charge in [-0.25, -0.2) is 8.78 Å². The van der Waals surface area contributed by atoms with Crippen LogP contribution in [-0.2, 0) is 17.6 Å². The summed E-state index contributed by atoms with van der Waals surface area (Å²) in [5.74, 6) is -3.05. The Balaban J connectivity index is 1.48. The van der Waals surface area contributed by atoms with Gasteiger partial charge in [0.15, 0.2) is 23.1 Å². The standard InChI is InChI=1S/C25H28F4O3/c1-2-3-15-4-7-19(31-14-15)8-5-16-12-18-13-17-6-9-20(30-11-10-26)22(28)24(17)32-25(18)23(29)21(16)27/h6,9,12,15,19H,2-5,7-8,10-11,13-14H2,1H3. The quantitative estimate of drug-likeness (QED) is 0.357. The van der Waals surface area contributed by atoms with Crippen LogP contribution < -0.4 is 9.47 Å². The van der Waals surface area contributed by atoms with Crippen LogP contribution in [0.2, 0.25) is 0 Å². The number of alkyl halides is 1. The van der Waals surface area contributed by atoms with Gasteiger partial charge in [-0.15, -0.1) is 0 Å². The number of fused-ring (bicyclic) bond motifs is 2. The molecule has 0 bridgehead atoms. The Hall–Kier alpha value is -2.28. The summed E-state index contributed by atoms with van der Waals surface area (Å²) >= 11 is 0. The lowest BCUT2D eigenvalue weighted by Gasteiger charge is -2.29. The van der Waals surface area contributed by atoms with Crippen molar-refractivity contribution in [1.29, 1.82) is 0 Å². The van der Waals surface area contributed by atoms with E-state index in [0.29, 0.717) is 29.9 Å². The maximum Gasteiger partial charge on any atom is 0.207 e. The molecule has 2 atom stereocenters. The molecular formula is C25H28F4O3. The molecule has 0 aromatic heterocycles. The largest absolute Gasteiger partial charge is 0.488 e. The Morgan fingerprint density at radius 3 is 2.53 bits per heavy atom. The van der Waals surface area contributed by atoms with Crippen molar-refractivity contribution in [3.63, 3.8) is 0 Å². The third kappa shape index (κ3) is 4.72. The van der Waals surface area contributed by atoms with Gasteiger partial charge in [-0.05, 0) is 55.7 Å². The van der Waals surface area contributed by atoms with Gasteiger partial charge in [0.1, 0.15) is 13.3 Å². The molecule has 2 aliphatic heterocycles. The van der Waals surface area contributed by atoms with Gasteiger partial charge in [-0.3, -0.25) is 0 Å². The molecule has 1 fully saturated rings. The molecule has 7 heteroatoms. The van der Waals surface area contributed by atoms with E-state index in [4.69, 9.17) is 14.2 Å². The lowest BCUT2D eigenvalue weighted by atomic mass is 9.91. The molecule has 0 radical (unpaired) electrons. The molecule has 0 spiro atoms. The summed E-state index contributed by atoms with van der Waals surface area (Å²) in [6.07, 6.45) is 5.56. The molecule has 1 saturated heterocycles. The lowest BCUT2D eigenvalue weighted by molar-refractivity contribution is -0.0216. The number of hydrogen-bond acceptors (Lipinski definition) is 3. The van der Waals surface area contributed by atoms with Crippen molar-refractivity contribution in [3.05, 3.63) is 52.3 Å². The van der Waals surface area contributed by atoms with E-state index in [2.05, 4.69) is 6.92 Å². The highest BCUT2D eigenvalue weighted by molar-refractivity contribution is 5.54. The van der Waals surface area contributed by atoms with Gasteiger partial charge in [0.2, 0.25) is 11.6 Å². The van der Waals surface area contributed by atoms with Crippen LogP contribution >= 0.6 is 0 Å². The van der Waals surface area contributed by atoms with Crippen LogP contribution in [0.5, 0.6) is 17.2 Å². The van der Waals surface area contributed by atoms with Crippen molar-refractivity contribution in [2.24, 2.45) is 5.92 Å². The summed E-state index contributed by atoms with van der Waals surface area (Å²) in [6, 6.07) is 4.59. The minimum Gasteiger partial charge on any atom is -0.488 e. The van der Waals surface area contributed by atoms with Crippen LogP contribution in [0.3, 0.4) is 0 Å². The van der Waals surface area contributed by atoms with Crippen molar-refractivity contribution in [1.82, 2.24) is 0 Å². The molecule has 3 nitrogen and oxygen atoms in total. The Labute approximate surface area is 185 Å². The fourth-order valence-electron chi connectivity index (χ4n) is 4.58. The van der Waals surface area contributed by atoms with E-state index in [1.807, 2.05) is 0 Å². The highest BCUT2D eigenvalue weighted by Crippen LogP contribution is 2.43. The van der Waals surface area contributed by atoms with Gasteiger partial charge in [0.05, 0.1) is 6.10 Å². The minimum absolute atomic E-state index is 0.0513. The summed E-state index contributed by atoms with van der Waals surface area (Å²) in [4.78, 5) is 0. The molecule has 2 aromatic rings. The molecule has 32 heavy (non-hydrogen) atoms. The van der Waals surface area contributed by atoms with Crippen LogP contribution in [0, 0.1) is 23.4 Å². The van der Waals surface area contributed by atoms with E-state index < -0.39 is 24.1 Å². The highest BCUT2D eigenvalue weighted by atomic mass is 19.2. The molecule has 174 valence electrons. The predicted octanol–water partition coefficient (Wildman–Crippen LogP) is 6.68. The van der Waals surface area contributed by atoms with E-state index in [9.17, 15) is 17.6 Å². The number of hydrogen-bond donors (Lipinski definition) is 0. The first-order valence-electron chi connectivity index (χ1n) is 11.3. The van der Waals surface area contributed by atoms with Gasteiger partial charge >= 0.3 is 0 Å². The summed E-state index contributed by atoms with van der Waals surface area (Å²) in [5.41, 5.74) is 1.24. The van der Waals surface area contributed by atoms with Crippen LogP contribution in [-0.4, -0.2) is 26.0 Å². The van der Waals surface area contributed by atoms with Gasteiger partial charge in [0.25, 0.3) is 0 Å². The molecule has 2 aliphatic rings. The van der Waals surface area contributed by atoms with Crippen LogP contribution in [0.25, 0.3) is 0 Å². The Bertz CT molecular complexity index is 955. The topological polar surface area (TPSA) is 27.7 Å². The number of benzene rings is 2. The third-order valence-electron chi connectivity index (χ3n) is 6.27. The second-order valence-electron chi connectivity index (χ2n) is 8.56. The Kier molecular flexibility index (Phi) is 7.23. The molecule has 0 amide bonds. The molecule has 0 aliphatic carbocycles. The van der Waals surface area contributed by atoms with Crippen LogP contribution in [0.15, 0.2) is 18.2 Å². The van der Waals surface area contributed by atoms with Crippen molar-refractivity contribution in [2.75, 3.05) is 19.9 Å². The molecule has 0 saturated carbocycles. The summed E-state index contributed by atoms with van der Waals surface area (Å²) < 4.78 is 73.0. The van der Waals surface area contributed by atoms with E-state index in [0.717, 1.165) is 32.3 Å². The molecule has 0 N–H and O–H groups in total. The van der Waals surface area contributed by atoms with E-state index in [1.165, 1.54) is 6.07 Å². The monoisotopic (exact) mass is 452 g/mol. The number of ether oxygens (including phenoxy) is 3. The first-order chi connectivity index (χ1) is 15.5. The van der Waals surface area contributed by atoms with Gasteiger partial charge in [0, 0.05) is 24.2 Å². The van der Waals surface area contributed by atoms with Crippen LogP contribution in [0.4, 0.5) is 17.6 Å². The highest BCUT2D eigenvalue weighted by Gasteiger charge is 2.29. The second-order valence-corrected chi connectivity index (χ2v) is 8.56. The average Bonchev–Trinajstić information content (AvgIpc) is 2.80. The zero-order chi connectivity index (χ0) is 22.7. The van der Waals surface area contributed by atoms with Crippen LogP contribution in [0.1, 0.15) is 55.7 Å². The fraction of sp³-hybridized carbons (Fsp3) is 0.520. The maximum absolute atomic E-state index is 14.8.